The molecule has 0 bridgehead atoms. The number of fused-ring (bicyclic) bond motifs is 1. The van der Waals surface area contributed by atoms with Gasteiger partial charge in [0, 0.05) is 25.7 Å². The van der Waals surface area contributed by atoms with Crippen LogP contribution in [0.5, 0.6) is 0 Å². The molecular formula is C15H14ClN3O2. The number of hydrogen-bond donors (Lipinski definition) is 0. The molecule has 21 heavy (non-hydrogen) atoms. The van der Waals surface area contributed by atoms with Crippen LogP contribution in [0.3, 0.4) is 0 Å². The lowest BCUT2D eigenvalue weighted by Gasteiger charge is -2.16. The highest BCUT2D eigenvalue weighted by Crippen LogP contribution is 2.32. The summed E-state index contributed by atoms with van der Waals surface area (Å²) in [5.74, 6) is -0.523. The lowest BCUT2D eigenvalue weighted by Crippen LogP contribution is -2.11. The first-order valence-electron chi connectivity index (χ1n) is 6.36. The summed E-state index contributed by atoms with van der Waals surface area (Å²) in [7, 11) is 3.70. The number of hydrogen-bond acceptors (Lipinski definition) is 5. The van der Waals surface area contributed by atoms with Crippen LogP contribution in [0, 0.1) is 11.3 Å². The van der Waals surface area contributed by atoms with Crippen LogP contribution in [-0.2, 0) is 4.74 Å². The lowest BCUT2D eigenvalue weighted by atomic mass is 10.1. The minimum Gasteiger partial charge on any atom is -0.462 e. The van der Waals surface area contributed by atoms with Crippen LogP contribution in [0.15, 0.2) is 18.3 Å². The van der Waals surface area contributed by atoms with Crippen molar-refractivity contribution in [2.24, 2.45) is 0 Å². The fourth-order valence-electron chi connectivity index (χ4n) is 2.01. The van der Waals surface area contributed by atoms with Gasteiger partial charge in [-0.3, -0.25) is 4.98 Å². The number of aromatic nitrogens is 1. The normalized spacial score (nSPS) is 10.2. The van der Waals surface area contributed by atoms with Crippen LogP contribution in [0.4, 0.5) is 5.69 Å². The zero-order valence-electron chi connectivity index (χ0n) is 12.0. The maximum Gasteiger partial charge on any atom is 0.341 e. The first kappa shape index (κ1) is 15.1. The monoisotopic (exact) mass is 303 g/mol. The summed E-state index contributed by atoms with van der Waals surface area (Å²) in [4.78, 5) is 18.0. The number of ether oxygens (including phenoxy) is 1. The largest absolute Gasteiger partial charge is 0.462 e. The number of esters is 1. The molecule has 0 fully saturated rings. The predicted molar refractivity (Wildman–Crippen MR) is 81.8 cm³/mol. The molecule has 1 heterocycles. The Morgan fingerprint density at radius 2 is 2.19 bits per heavy atom. The van der Waals surface area contributed by atoms with Crippen molar-refractivity contribution in [1.29, 1.82) is 5.26 Å². The van der Waals surface area contributed by atoms with E-state index in [2.05, 4.69) is 11.1 Å². The minimum absolute atomic E-state index is 0.200. The van der Waals surface area contributed by atoms with Crippen molar-refractivity contribution in [2.75, 3.05) is 25.6 Å². The molecule has 0 radical (unpaired) electrons. The summed E-state index contributed by atoms with van der Waals surface area (Å²) in [6, 6.07) is 5.44. The Morgan fingerprint density at radius 1 is 1.48 bits per heavy atom. The van der Waals surface area contributed by atoms with Gasteiger partial charge in [-0.2, -0.15) is 5.26 Å². The molecule has 0 unspecified atom stereocenters. The Morgan fingerprint density at radius 3 is 2.76 bits per heavy atom. The number of carbonyl (C=O) groups is 1. The number of benzene rings is 1. The standard InChI is InChI=1S/C15H14ClN3O2/c1-4-21-15(20)11-8-18-14-10(13(11)16)5-9(7-17)6-12(14)19(2)3/h5-6,8H,4H2,1-3H3. The van der Waals surface area contributed by atoms with E-state index < -0.39 is 5.97 Å². The molecule has 0 saturated heterocycles. The maximum atomic E-state index is 11.9. The van der Waals surface area contributed by atoms with E-state index >= 15 is 0 Å². The van der Waals surface area contributed by atoms with Crippen molar-refractivity contribution >= 4 is 34.2 Å². The van der Waals surface area contributed by atoms with E-state index in [1.807, 2.05) is 19.0 Å². The second-order valence-corrected chi connectivity index (χ2v) is 4.98. The second-order valence-electron chi connectivity index (χ2n) is 4.60. The molecule has 1 aromatic heterocycles. The number of nitrogens with zero attached hydrogens (tertiary/aromatic N) is 3. The zero-order chi connectivity index (χ0) is 15.6. The lowest BCUT2D eigenvalue weighted by molar-refractivity contribution is 0.0526. The van der Waals surface area contributed by atoms with Gasteiger partial charge in [0.1, 0.15) is 0 Å². The molecular weight excluding hydrogens is 290 g/mol. The smallest absolute Gasteiger partial charge is 0.341 e. The van der Waals surface area contributed by atoms with Gasteiger partial charge in [-0.1, -0.05) is 11.6 Å². The van der Waals surface area contributed by atoms with Gasteiger partial charge < -0.3 is 9.64 Å². The summed E-state index contributed by atoms with van der Waals surface area (Å²) in [5.41, 5.74) is 2.06. The Bertz CT molecular complexity index is 751. The van der Waals surface area contributed by atoms with E-state index in [0.717, 1.165) is 5.69 Å². The number of rotatable bonds is 3. The predicted octanol–water partition coefficient (Wildman–Crippen LogP) is 3.00. The van der Waals surface area contributed by atoms with E-state index in [9.17, 15) is 4.79 Å². The van der Waals surface area contributed by atoms with Crippen LogP contribution in [0.2, 0.25) is 5.02 Å². The number of anilines is 1. The molecule has 0 amide bonds. The highest BCUT2D eigenvalue weighted by Gasteiger charge is 2.18. The van der Waals surface area contributed by atoms with Gasteiger partial charge in [-0.05, 0) is 19.1 Å². The quantitative estimate of drug-likeness (QED) is 0.815. The van der Waals surface area contributed by atoms with Gasteiger partial charge in [-0.25, -0.2) is 4.79 Å². The summed E-state index contributed by atoms with van der Waals surface area (Å²) in [6.07, 6.45) is 1.40. The van der Waals surface area contributed by atoms with E-state index in [1.165, 1.54) is 6.20 Å². The summed E-state index contributed by atoms with van der Waals surface area (Å²) < 4.78 is 4.95. The van der Waals surface area contributed by atoms with Gasteiger partial charge in [0.15, 0.2) is 0 Å². The third-order valence-electron chi connectivity index (χ3n) is 2.99. The molecule has 1 aromatic carbocycles. The summed E-state index contributed by atoms with van der Waals surface area (Å²) in [6.45, 7) is 1.98. The third kappa shape index (κ3) is 2.76. The average Bonchev–Trinajstić information content (AvgIpc) is 2.46. The van der Waals surface area contributed by atoms with Crippen LogP contribution in [0.1, 0.15) is 22.8 Å². The number of pyridine rings is 1. The van der Waals surface area contributed by atoms with Gasteiger partial charge in [0.05, 0.1) is 40.0 Å². The Balaban J connectivity index is 2.75. The first-order chi connectivity index (χ1) is 9.99. The first-order valence-corrected chi connectivity index (χ1v) is 6.74. The van der Waals surface area contributed by atoms with E-state index in [-0.39, 0.29) is 17.2 Å². The summed E-state index contributed by atoms with van der Waals surface area (Å²) >= 11 is 6.31. The maximum absolute atomic E-state index is 11.9. The molecule has 0 aliphatic heterocycles. The number of carbonyl (C=O) groups excluding carboxylic acids is 1. The molecule has 108 valence electrons. The molecule has 0 N–H and O–H groups in total. The Labute approximate surface area is 127 Å². The average molecular weight is 304 g/mol. The fraction of sp³-hybridized carbons (Fsp3) is 0.267. The SMILES string of the molecule is CCOC(=O)c1cnc2c(N(C)C)cc(C#N)cc2c1Cl. The molecule has 0 aliphatic rings. The topological polar surface area (TPSA) is 66.2 Å². The van der Waals surface area contributed by atoms with Crippen LogP contribution in [0.25, 0.3) is 10.9 Å². The fourth-order valence-corrected chi connectivity index (χ4v) is 2.28. The molecule has 2 rings (SSSR count). The van der Waals surface area contributed by atoms with Crippen LogP contribution < -0.4 is 4.90 Å². The van der Waals surface area contributed by atoms with E-state index in [0.29, 0.717) is 16.5 Å². The van der Waals surface area contributed by atoms with Crippen molar-refractivity contribution in [3.63, 3.8) is 0 Å². The van der Waals surface area contributed by atoms with Gasteiger partial charge in [0.2, 0.25) is 0 Å². The Hall–Kier alpha value is -2.32. The van der Waals surface area contributed by atoms with Crippen LogP contribution in [-0.4, -0.2) is 31.7 Å². The van der Waals surface area contributed by atoms with Gasteiger partial charge in [0.25, 0.3) is 0 Å². The molecule has 0 spiro atoms. The Kier molecular flexibility index (Phi) is 4.29. The van der Waals surface area contributed by atoms with Crippen molar-refractivity contribution < 1.29 is 9.53 Å². The molecule has 0 aliphatic carbocycles. The number of nitriles is 1. The van der Waals surface area contributed by atoms with Gasteiger partial charge >= 0.3 is 5.97 Å². The highest BCUT2D eigenvalue weighted by atomic mass is 35.5. The van der Waals surface area contributed by atoms with Crippen molar-refractivity contribution in [3.05, 3.63) is 34.5 Å². The molecule has 0 atom stereocenters. The highest BCUT2D eigenvalue weighted by molar-refractivity contribution is 6.38. The van der Waals surface area contributed by atoms with E-state index in [4.69, 9.17) is 21.6 Å². The minimum atomic E-state index is -0.523. The van der Waals surface area contributed by atoms with Crippen molar-refractivity contribution in [2.45, 2.75) is 6.92 Å². The zero-order valence-corrected chi connectivity index (χ0v) is 12.7. The van der Waals surface area contributed by atoms with Crippen molar-refractivity contribution in [3.8, 4) is 6.07 Å². The molecule has 0 saturated carbocycles. The molecule has 6 heteroatoms. The third-order valence-corrected chi connectivity index (χ3v) is 3.40. The number of halogens is 1. The molecule has 5 nitrogen and oxygen atoms in total. The second kappa shape index (κ2) is 5.98. The van der Waals surface area contributed by atoms with Crippen LogP contribution >= 0.6 is 11.6 Å². The van der Waals surface area contributed by atoms with Gasteiger partial charge in [-0.15, -0.1) is 0 Å². The molecule has 2 aromatic rings. The summed E-state index contributed by atoms with van der Waals surface area (Å²) in [5, 5.41) is 9.94. The van der Waals surface area contributed by atoms with E-state index in [1.54, 1.807) is 19.1 Å². The van der Waals surface area contributed by atoms with Crippen molar-refractivity contribution in [1.82, 2.24) is 4.98 Å².